The normalized spacial score (nSPS) is 9.80. The summed E-state index contributed by atoms with van der Waals surface area (Å²) in [5.41, 5.74) is 1.58. The molecule has 0 bridgehead atoms. The molecule has 0 heterocycles. The van der Waals surface area contributed by atoms with Gasteiger partial charge in [0.15, 0.2) is 5.78 Å². The number of aromatic hydroxyl groups is 1. The van der Waals surface area contributed by atoms with Crippen LogP contribution in [-0.2, 0) is 6.54 Å². The number of carbonyl (C=O) groups excluding carboxylic acids is 1. The number of hydrogen-bond acceptors (Lipinski definition) is 3. The van der Waals surface area contributed by atoms with Crippen molar-refractivity contribution in [2.24, 2.45) is 0 Å². The minimum Gasteiger partial charge on any atom is -0.507 e. The van der Waals surface area contributed by atoms with Gasteiger partial charge in [-0.3, -0.25) is 4.79 Å². The summed E-state index contributed by atoms with van der Waals surface area (Å²) in [4.78, 5) is 11.9. The van der Waals surface area contributed by atoms with Crippen molar-refractivity contribution in [2.45, 2.75) is 13.0 Å². The fourth-order valence-corrected chi connectivity index (χ4v) is 1.87. The summed E-state index contributed by atoms with van der Waals surface area (Å²) >= 11 is 0. The van der Waals surface area contributed by atoms with E-state index in [-0.39, 0.29) is 23.9 Å². The molecule has 0 aliphatic rings. The van der Waals surface area contributed by atoms with Gasteiger partial charge < -0.3 is 10.4 Å². The topological polar surface area (TPSA) is 49.3 Å². The molecule has 2 aromatic rings. The molecule has 20 heavy (non-hydrogen) atoms. The zero-order chi connectivity index (χ0) is 13.5. The van der Waals surface area contributed by atoms with E-state index in [1.54, 1.807) is 18.2 Å². The lowest BCUT2D eigenvalue weighted by Crippen LogP contribution is -2.17. The van der Waals surface area contributed by atoms with E-state index in [9.17, 15) is 9.90 Å². The predicted octanol–water partition coefficient (Wildman–Crippen LogP) is 3.18. The average molecular weight is 292 g/mol. The Morgan fingerprint density at radius 1 is 1.00 bits per heavy atom. The van der Waals surface area contributed by atoms with Crippen molar-refractivity contribution in [2.75, 3.05) is 6.54 Å². The lowest BCUT2D eigenvalue weighted by atomic mass is 10.1. The smallest absolute Gasteiger partial charge is 0.167 e. The molecule has 0 aromatic heterocycles. The third-order valence-corrected chi connectivity index (χ3v) is 2.91. The van der Waals surface area contributed by atoms with Crippen molar-refractivity contribution in [1.29, 1.82) is 0 Å². The van der Waals surface area contributed by atoms with Crippen molar-refractivity contribution in [3.05, 3.63) is 65.7 Å². The van der Waals surface area contributed by atoms with E-state index in [2.05, 4.69) is 5.32 Å². The maximum Gasteiger partial charge on any atom is 0.167 e. The Morgan fingerprint density at radius 2 is 1.65 bits per heavy atom. The number of carbonyl (C=O) groups is 1. The van der Waals surface area contributed by atoms with E-state index in [0.717, 1.165) is 6.54 Å². The Kier molecular flexibility index (Phi) is 6.77. The van der Waals surface area contributed by atoms with E-state index in [1.807, 2.05) is 30.3 Å². The summed E-state index contributed by atoms with van der Waals surface area (Å²) in [7, 11) is 0. The zero-order valence-electron chi connectivity index (χ0n) is 11.1. The molecule has 3 nitrogen and oxygen atoms in total. The van der Waals surface area contributed by atoms with Crippen molar-refractivity contribution in [1.82, 2.24) is 5.32 Å². The van der Waals surface area contributed by atoms with Crippen LogP contribution in [0.5, 0.6) is 5.75 Å². The highest BCUT2D eigenvalue weighted by molar-refractivity contribution is 5.98. The predicted molar refractivity (Wildman–Crippen MR) is 82.5 cm³/mol. The Labute approximate surface area is 125 Å². The average Bonchev–Trinajstić information content (AvgIpc) is 2.45. The Bertz CT molecular complexity index is 543. The van der Waals surface area contributed by atoms with Gasteiger partial charge in [-0.1, -0.05) is 42.5 Å². The molecule has 2 aromatic carbocycles. The fraction of sp³-hybridized carbons (Fsp3) is 0.188. The third-order valence-electron chi connectivity index (χ3n) is 2.91. The molecule has 0 aliphatic carbocycles. The van der Waals surface area contributed by atoms with Gasteiger partial charge >= 0.3 is 0 Å². The lowest BCUT2D eigenvalue weighted by Gasteiger charge is -2.05. The number of phenolic OH excluding ortho intramolecular Hbond substituents is 1. The Hall–Kier alpha value is -1.84. The van der Waals surface area contributed by atoms with E-state index >= 15 is 0 Å². The molecule has 0 saturated heterocycles. The summed E-state index contributed by atoms with van der Waals surface area (Å²) < 4.78 is 0. The van der Waals surface area contributed by atoms with E-state index in [0.29, 0.717) is 18.5 Å². The largest absolute Gasteiger partial charge is 0.507 e. The van der Waals surface area contributed by atoms with Crippen molar-refractivity contribution < 1.29 is 9.90 Å². The van der Waals surface area contributed by atoms with Crippen LogP contribution in [0.4, 0.5) is 0 Å². The second kappa shape index (κ2) is 8.35. The third kappa shape index (κ3) is 4.68. The molecule has 0 radical (unpaired) electrons. The molecule has 0 unspecified atom stereocenters. The van der Waals surface area contributed by atoms with Gasteiger partial charge in [0, 0.05) is 19.5 Å². The molecule has 0 amide bonds. The quantitative estimate of drug-likeness (QED) is 0.635. The highest BCUT2D eigenvalue weighted by Crippen LogP contribution is 2.17. The molecule has 106 valence electrons. The first-order chi connectivity index (χ1) is 9.27. The zero-order valence-corrected chi connectivity index (χ0v) is 11.9. The van der Waals surface area contributed by atoms with Crippen LogP contribution in [0.3, 0.4) is 0 Å². The summed E-state index contributed by atoms with van der Waals surface area (Å²) in [6, 6.07) is 16.7. The highest BCUT2D eigenvalue weighted by atomic mass is 35.5. The van der Waals surface area contributed by atoms with Crippen molar-refractivity contribution in [3.8, 4) is 5.75 Å². The molecule has 2 N–H and O–H groups in total. The maximum absolute atomic E-state index is 11.9. The van der Waals surface area contributed by atoms with Crippen molar-refractivity contribution >= 4 is 18.2 Å². The number of halogens is 1. The van der Waals surface area contributed by atoms with E-state index in [4.69, 9.17) is 0 Å². The van der Waals surface area contributed by atoms with Crippen LogP contribution in [0.15, 0.2) is 54.6 Å². The van der Waals surface area contributed by atoms with Crippen LogP contribution < -0.4 is 5.32 Å². The first-order valence-corrected chi connectivity index (χ1v) is 6.33. The monoisotopic (exact) mass is 291 g/mol. The summed E-state index contributed by atoms with van der Waals surface area (Å²) in [5, 5.41) is 12.8. The first-order valence-electron chi connectivity index (χ1n) is 6.33. The van der Waals surface area contributed by atoms with Gasteiger partial charge in [-0.25, -0.2) is 0 Å². The minimum absolute atomic E-state index is 0. The lowest BCUT2D eigenvalue weighted by molar-refractivity contribution is 0.0980. The van der Waals surface area contributed by atoms with Gasteiger partial charge in [-0.2, -0.15) is 0 Å². The summed E-state index contributed by atoms with van der Waals surface area (Å²) in [6.07, 6.45) is 0.379. The molecular formula is C16H18ClNO2. The number of phenols is 1. The van der Waals surface area contributed by atoms with E-state index in [1.165, 1.54) is 11.6 Å². The molecule has 2 rings (SSSR count). The second-order valence-corrected chi connectivity index (χ2v) is 4.35. The molecule has 0 atom stereocenters. The van der Waals surface area contributed by atoms with Crippen LogP contribution in [0.25, 0.3) is 0 Å². The minimum atomic E-state index is -0.0429. The van der Waals surface area contributed by atoms with Gasteiger partial charge in [0.05, 0.1) is 5.56 Å². The number of hydrogen-bond donors (Lipinski definition) is 2. The molecule has 0 fully saturated rings. The molecule has 0 saturated carbocycles. The molecular weight excluding hydrogens is 274 g/mol. The van der Waals surface area contributed by atoms with Gasteiger partial charge in [-0.15, -0.1) is 12.4 Å². The van der Waals surface area contributed by atoms with Crippen LogP contribution in [0.1, 0.15) is 22.3 Å². The van der Waals surface area contributed by atoms with Gasteiger partial charge in [0.1, 0.15) is 5.75 Å². The maximum atomic E-state index is 11.9. The summed E-state index contributed by atoms with van der Waals surface area (Å²) in [5.74, 6) is 0.00854. The van der Waals surface area contributed by atoms with Crippen molar-refractivity contribution in [3.63, 3.8) is 0 Å². The van der Waals surface area contributed by atoms with Crippen LogP contribution >= 0.6 is 12.4 Å². The Morgan fingerprint density at radius 3 is 2.35 bits per heavy atom. The number of ketones is 1. The van der Waals surface area contributed by atoms with Crippen LogP contribution in [-0.4, -0.2) is 17.4 Å². The first kappa shape index (κ1) is 16.2. The number of Topliss-reactive ketones (excluding diaryl/α,β-unsaturated/α-hetero) is 1. The number of benzene rings is 2. The number of nitrogens with one attached hydrogen (secondary N) is 1. The van der Waals surface area contributed by atoms with Gasteiger partial charge in [0.2, 0.25) is 0 Å². The van der Waals surface area contributed by atoms with Crippen LogP contribution in [0, 0.1) is 0 Å². The Balaban J connectivity index is 0.00000200. The molecule has 0 spiro atoms. The van der Waals surface area contributed by atoms with Gasteiger partial charge in [-0.05, 0) is 17.7 Å². The van der Waals surface area contributed by atoms with Gasteiger partial charge in [0.25, 0.3) is 0 Å². The summed E-state index contributed by atoms with van der Waals surface area (Å²) in [6.45, 7) is 1.34. The standard InChI is InChI=1S/C16H17NO2.ClH/c18-15-9-5-4-8-14(15)16(19)10-11-17-12-13-6-2-1-3-7-13;/h1-9,17-18H,10-12H2;1H. The van der Waals surface area contributed by atoms with Crippen LogP contribution in [0.2, 0.25) is 0 Å². The number of para-hydroxylation sites is 1. The molecule has 4 heteroatoms. The fourth-order valence-electron chi connectivity index (χ4n) is 1.87. The highest BCUT2D eigenvalue weighted by Gasteiger charge is 2.09. The second-order valence-electron chi connectivity index (χ2n) is 4.35. The number of rotatable bonds is 6. The van der Waals surface area contributed by atoms with E-state index < -0.39 is 0 Å². The SMILES string of the molecule is Cl.O=C(CCNCc1ccccc1)c1ccccc1O. The molecule has 0 aliphatic heterocycles.